The van der Waals surface area contributed by atoms with E-state index in [1.807, 2.05) is 35.2 Å². The number of amides is 1. The van der Waals surface area contributed by atoms with Crippen molar-refractivity contribution in [2.45, 2.75) is 51.2 Å². The number of rotatable bonds is 6. The Labute approximate surface area is 203 Å². The Hall–Kier alpha value is -2.53. The maximum atomic E-state index is 13.0. The number of hydrogen-bond acceptors (Lipinski definition) is 4. The fraction of sp³-hybridized carbons (Fsp3) is 0.552. The summed E-state index contributed by atoms with van der Waals surface area (Å²) >= 11 is 0. The van der Waals surface area contributed by atoms with Gasteiger partial charge in [-0.15, -0.1) is 0 Å². The van der Waals surface area contributed by atoms with Crippen molar-refractivity contribution in [3.8, 4) is 0 Å². The molecule has 5 nitrogen and oxygen atoms in total. The highest BCUT2D eigenvalue weighted by Crippen LogP contribution is 2.50. The van der Waals surface area contributed by atoms with E-state index in [2.05, 4.69) is 34.9 Å². The van der Waals surface area contributed by atoms with Gasteiger partial charge in [-0.2, -0.15) is 0 Å². The minimum Gasteiger partial charge on any atom is -0.445 e. The van der Waals surface area contributed by atoms with Crippen molar-refractivity contribution in [2.24, 2.45) is 11.8 Å². The fourth-order valence-electron chi connectivity index (χ4n) is 6.85. The number of hydrogen-bond donors (Lipinski definition) is 0. The Morgan fingerprint density at radius 3 is 2.56 bits per heavy atom. The average molecular weight is 460 g/mol. The van der Waals surface area contributed by atoms with E-state index in [1.165, 1.54) is 62.4 Å². The van der Waals surface area contributed by atoms with E-state index in [0.29, 0.717) is 12.5 Å². The lowest BCUT2D eigenvalue weighted by atomic mass is 9.96. The molecule has 3 heterocycles. The lowest BCUT2D eigenvalue weighted by Gasteiger charge is -2.33. The van der Waals surface area contributed by atoms with Crippen LogP contribution in [-0.4, -0.2) is 55.2 Å². The molecule has 4 atom stereocenters. The summed E-state index contributed by atoms with van der Waals surface area (Å²) in [4.78, 5) is 20.3. The van der Waals surface area contributed by atoms with Gasteiger partial charge in [-0.1, -0.05) is 49.7 Å². The third-order valence-corrected chi connectivity index (χ3v) is 8.67. The topological polar surface area (TPSA) is 36.0 Å². The zero-order chi connectivity index (χ0) is 23.1. The van der Waals surface area contributed by atoms with Crippen molar-refractivity contribution in [1.29, 1.82) is 0 Å². The predicted octanol–water partition coefficient (Wildman–Crippen LogP) is 5.43. The van der Waals surface area contributed by atoms with Crippen LogP contribution in [-0.2, 0) is 11.3 Å². The van der Waals surface area contributed by atoms with E-state index >= 15 is 0 Å². The quantitative estimate of drug-likeness (QED) is 0.577. The average Bonchev–Trinajstić information content (AvgIpc) is 3.52. The summed E-state index contributed by atoms with van der Waals surface area (Å²) in [5.41, 5.74) is 5.20. The molecule has 180 valence electrons. The van der Waals surface area contributed by atoms with Crippen LogP contribution < -0.4 is 4.90 Å². The van der Waals surface area contributed by atoms with Gasteiger partial charge in [0, 0.05) is 38.4 Å². The van der Waals surface area contributed by atoms with Gasteiger partial charge >= 0.3 is 6.09 Å². The maximum absolute atomic E-state index is 13.0. The molecule has 3 aliphatic heterocycles. The molecule has 2 bridgehead atoms. The minimum atomic E-state index is -0.173. The number of ether oxygens (including phenoxy) is 1. The first-order chi connectivity index (χ1) is 16.7. The Morgan fingerprint density at radius 2 is 1.79 bits per heavy atom. The van der Waals surface area contributed by atoms with Crippen molar-refractivity contribution in [1.82, 2.24) is 9.80 Å². The molecule has 0 spiro atoms. The Morgan fingerprint density at radius 1 is 1.00 bits per heavy atom. The highest BCUT2D eigenvalue weighted by Gasteiger charge is 2.43. The van der Waals surface area contributed by atoms with E-state index < -0.39 is 0 Å². The van der Waals surface area contributed by atoms with Crippen LogP contribution in [0.2, 0.25) is 0 Å². The number of benzene rings is 2. The van der Waals surface area contributed by atoms with Gasteiger partial charge in [-0.3, -0.25) is 0 Å². The summed E-state index contributed by atoms with van der Waals surface area (Å²) < 4.78 is 5.72. The molecular weight excluding hydrogens is 422 g/mol. The van der Waals surface area contributed by atoms with Crippen molar-refractivity contribution < 1.29 is 9.53 Å². The molecule has 2 aromatic rings. The van der Waals surface area contributed by atoms with Crippen LogP contribution in [0.4, 0.5) is 10.5 Å². The summed E-state index contributed by atoms with van der Waals surface area (Å²) in [5.74, 6) is 2.18. The monoisotopic (exact) mass is 459 g/mol. The Kier molecular flexibility index (Phi) is 5.98. The van der Waals surface area contributed by atoms with E-state index in [4.69, 9.17) is 4.74 Å². The van der Waals surface area contributed by atoms with Crippen LogP contribution in [0.15, 0.2) is 48.5 Å². The first-order valence-corrected chi connectivity index (χ1v) is 13.3. The lowest BCUT2D eigenvalue weighted by molar-refractivity contribution is 0.0694. The summed E-state index contributed by atoms with van der Waals surface area (Å²) in [5, 5.41) is 0. The third kappa shape index (κ3) is 4.08. The van der Waals surface area contributed by atoms with Crippen LogP contribution in [0.3, 0.4) is 0 Å². The van der Waals surface area contributed by atoms with Crippen molar-refractivity contribution >= 4 is 11.8 Å². The molecule has 0 aromatic heterocycles. The molecule has 0 N–H and O–H groups in total. The molecule has 3 saturated heterocycles. The third-order valence-electron chi connectivity index (χ3n) is 8.67. The van der Waals surface area contributed by atoms with Crippen LogP contribution in [0.25, 0.3) is 0 Å². The fourth-order valence-corrected chi connectivity index (χ4v) is 6.85. The molecule has 6 rings (SSSR count). The molecule has 4 aliphatic rings. The van der Waals surface area contributed by atoms with Gasteiger partial charge in [0.25, 0.3) is 0 Å². The summed E-state index contributed by atoms with van der Waals surface area (Å²) in [6.07, 6.45) is 4.50. The molecule has 2 aromatic carbocycles. The van der Waals surface area contributed by atoms with Crippen LogP contribution in [0.1, 0.15) is 61.3 Å². The number of unbranched alkanes of at least 4 members (excludes halogenated alkanes) is 1. The second kappa shape index (κ2) is 9.26. The smallest absolute Gasteiger partial charge is 0.410 e. The minimum absolute atomic E-state index is 0.156. The predicted molar refractivity (Wildman–Crippen MR) is 135 cm³/mol. The molecule has 1 aliphatic carbocycles. The van der Waals surface area contributed by atoms with E-state index in [9.17, 15) is 4.79 Å². The second-order valence-corrected chi connectivity index (χ2v) is 10.8. The Balaban J connectivity index is 1.13. The van der Waals surface area contributed by atoms with Gasteiger partial charge in [0.2, 0.25) is 0 Å². The SMILES string of the molecule is CCCCN1C[C@@H]2CN(c3ccc4c(c3)[C@@H]3C[C@H]4CCN3C(=O)OCc3ccccc3)C[C@@H]2C1. The summed E-state index contributed by atoms with van der Waals surface area (Å²) in [7, 11) is 0. The van der Waals surface area contributed by atoms with Crippen molar-refractivity contribution in [3.05, 3.63) is 65.2 Å². The molecule has 34 heavy (non-hydrogen) atoms. The van der Waals surface area contributed by atoms with Gasteiger partial charge in [-0.25, -0.2) is 4.79 Å². The molecule has 3 fully saturated rings. The first kappa shape index (κ1) is 22.0. The molecule has 0 saturated carbocycles. The van der Waals surface area contributed by atoms with Gasteiger partial charge in [0.05, 0.1) is 6.04 Å². The molecule has 0 unspecified atom stereocenters. The van der Waals surface area contributed by atoms with Gasteiger partial charge in [0.1, 0.15) is 6.61 Å². The number of carbonyl (C=O) groups is 1. The van der Waals surface area contributed by atoms with Gasteiger partial charge < -0.3 is 19.4 Å². The number of nitrogens with zero attached hydrogens (tertiary/aromatic N) is 3. The number of likely N-dealkylation sites (tertiary alicyclic amines) is 2. The van der Waals surface area contributed by atoms with Crippen LogP contribution in [0.5, 0.6) is 0 Å². The second-order valence-electron chi connectivity index (χ2n) is 10.8. The van der Waals surface area contributed by atoms with E-state index in [-0.39, 0.29) is 12.1 Å². The molecular formula is C29H37N3O2. The van der Waals surface area contributed by atoms with Crippen molar-refractivity contribution in [3.63, 3.8) is 0 Å². The highest BCUT2D eigenvalue weighted by molar-refractivity contribution is 5.70. The largest absolute Gasteiger partial charge is 0.445 e. The molecule has 5 heteroatoms. The highest BCUT2D eigenvalue weighted by atomic mass is 16.6. The Bertz CT molecular complexity index is 1010. The number of carbonyl (C=O) groups excluding carboxylic acids is 1. The van der Waals surface area contributed by atoms with Crippen molar-refractivity contribution in [2.75, 3.05) is 44.2 Å². The van der Waals surface area contributed by atoms with Crippen LogP contribution >= 0.6 is 0 Å². The zero-order valence-corrected chi connectivity index (χ0v) is 20.4. The van der Waals surface area contributed by atoms with Gasteiger partial charge in [-0.05, 0) is 72.4 Å². The van der Waals surface area contributed by atoms with E-state index in [0.717, 1.165) is 36.8 Å². The molecule has 1 amide bonds. The zero-order valence-electron chi connectivity index (χ0n) is 20.4. The number of fused-ring (bicyclic) bond motifs is 6. The van der Waals surface area contributed by atoms with E-state index in [1.54, 1.807) is 0 Å². The molecule has 0 radical (unpaired) electrons. The van der Waals surface area contributed by atoms with Crippen LogP contribution in [0, 0.1) is 11.8 Å². The summed E-state index contributed by atoms with van der Waals surface area (Å²) in [6.45, 7) is 9.54. The first-order valence-electron chi connectivity index (χ1n) is 13.3. The standard InChI is InChI=1S/C29H37N3O2/c1-2-3-12-30-16-23-18-31(19-24(23)17-30)25-9-10-26-22-11-13-32(28(14-22)27(26)15-25)29(33)34-20-21-7-5-4-6-8-21/h4-10,15,22-24,28H,2-3,11-14,16-20H2,1H3/t22-,23-,24+,28+/m1/s1. The number of piperidine rings is 1. The maximum Gasteiger partial charge on any atom is 0.410 e. The number of anilines is 1. The lowest BCUT2D eigenvalue weighted by Crippen LogP contribution is -2.37. The summed E-state index contributed by atoms with van der Waals surface area (Å²) in [6, 6.07) is 17.2. The normalized spacial score (nSPS) is 27.7. The van der Waals surface area contributed by atoms with Gasteiger partial charge in [0.15, 0.2) is 0 Å².